The highest BCUT2D eigenvalue weighted by atomic mass is 19.4. The summed E-state index contributed by atoms with van der Waals surface area (Å²) in [4.78, 5) is 5.23. The first kappa shape index (κ1) is 25.9. The average molecular weight is 516 g/mol. The number of aromatic nitrogens is 1. The average Bonchev–Trinajstić information content (AvgIpc) is 3.36. The van der Waals surface area contributed by atoms with Crippen LogP contribution in [0.5, 0.6) is 0 Å². The lowest BCUT2D eigenvalue weighted by Crippen LogP contribution is -2.25. The summed E-state index contributed by atoms with van der Waals surface area (Å²) in [5.74, 6) is -1.00. The summed E-state index contributed by atoms with van der Waals surface area (Å²) in [6.07, 6.45) is -10.6. The molecule has 3 aromatic rings. The van der Waals surface area contributed by atoms with Crippen LogP contribution in [-0.4, -0.2) is 23.2 Å². The Morgan fingerprint density at radius 3 is 1.94 bits per heavy atom. The molecule has 0 amide bonds. The number of aliphatic hydroxyl groups is 1. The first-order valence-electron chi connectivity index (χ1n) is 11.0. The van der Waals surface area contributed by atoms with E-state index in [-0.39, 0.29) is 28.1 Å². The van der Waals surface area contributed by atoms with Gasteiger partial charge >= 0.3 is 12.4 Å². The molecule has 1 fully saturated rings. The summed E-state index contributed by atoms with van der Waals surface area (Å²) < 4.78 is 111. The van der Waals surface area contributed by atoms with Crippen molar-refractivity contribution < 1.29 is 40.2 Å². The zero-order valence-electron chi connectivity index (χ0n) is 18.6. The van der Waals surface area contributed by atoms with E-state index >= 15 is 4.39 Å². The van der Waals surface area contributed by atoms with Crippen molar-refractivity contribution in [3.63, 3.8) is 0 Å². The molecule has 1 atom stereocenters. The van der Waals surface area contributed by atoms with Crippen molar-refractivity contribution in [2.45, 2.75) is 38.0 Å². The lowest BCUT2D eigenvalue weighted by atomic mass is 9.88. The number of anilines is 1. The molecule has 4 rings (SSSR count). The molecule has 1 N–H and O–H groups in total. The summed E-state index contributed by atoms with van der Waals surface area (Å²) in [6, 6.07) is 7.45. The van der Waals surface area contributed by atoms with Gasteiger partial charge in [0.15, 0.2) is 11.9 Å². The van der Waals surface area contributed by atoms with E-state index < -0.39 is 47.8 Å². The molecule has 0 spiro atoms. The van der Waals surface area contributed by atoms with Gasteiger partial charge in [0.25, 0.3) is 0 Å². The monoisotopic (exact) mass is 516 g/mol. The van der Waals surface area contributed by atoms with Crippen LogP contribution in [0.25, 0.3) is 11.1 Å². The molecule has 1 aliphatic rings. The summed E-state index contributed by atoms with van der Waals surface area (Å²) in [5.41, 5.74) is -4.03. The molecular weight excluding hydrogens is 496 g/mol. The van der Waals surface area contributed by atoms with Crippen molar-refractivity contribution >= 4 is 5.82 Å². The molecule has 0 radical (unpaired) electrons. The fourth-order valence-corrected chi connectivity index (χ4v) is 4.38. The molecule has 1 unspecified atom stereocenters. The van der Waals surface area contributed by atoms with Crippen molar-refractivity contribution in [3.05, 3.63) is 82.3 Å². The predicted molar refractivity (Wildman–Crippen MR) is 116 cm³/mol. The minimum absolute atomic E-state index is 0.00152. The molecule has 2 heterocycles. The number of halogens is 8. The Kier molecular flexibility index (Phi) is 6.96. The van der Waals surface area contributed by atoms with Crippen LogP contribution < -0.4 is 4.90 Å². The number of hydrogen-bond acceptors (Lipinski definition) is 3. The number of pyridine rings is 1. The second-order valence-electron chi connectivity index (χ2n) is 8.39. The van der Waals surface area contributed by atoms with Gasteiger partial charge in [0.1, 0.15) is 11.6 Å². The molecule has 0 bridgehead atoms. The van der Waals surface area contributed by atoms with Gasteiger partial charge in [-0.25, -0.2) is 13.8 Å². The van der Waals surface area contributed by atoms with Gasteiger partial charge in [-0.2, -0.15) is 26.3 Å². The standard InChI is InChI=1S/C25H20F8N2O/c26-17-9-5-14(6-10-17)19-18(13-36)22(25(31,32)33)34-23(35-11-1-2-12-35)20(19)21(27)15-3-7-16(8-4-15)24(28,29)30/h3-10,21,36H,1-2,11-13H2. The van der Waals surface area contributed by atoms with Crippen LogP contribution >= 0.6 is 0 Å². The van der Waals surface area contributed by atoms with Gasteiger partial charge in [-0.1, -0.05) is 24.3 Å². The summed E-state index contributed by atoms with van der Waals surface area (Å²) >= 11 is 0. The van der Waals surface area contributed by atoms with Crippen LogP contribution in [0.15, 0.2) is 48.5 Å². The van der Waals surface area contributed by atoms with E-state index in [1.54, 1.807) is 0 Å². The first-order valence-corrected chi connectivity index (χ1v) is 11.0. The summed E-state index contributed by atoms with van der Waals surface area (Å²) in [7, 11) is 0. The van der Waals surface area contributed by atoms with Crippen molar-refractivity contribution in [3.8, 4) is 11.1 Å². The Morgan fingerprint density at radius 1 is 0.861 bits per heavy atom. The van der Waals surface area contributed by atoms with E-state index in [2.05, 4.69) is 4.98 Å². The number of benzene rings is 2. The molecule has 1 aromatic heterocycles. The number of rotatable bonds is 5. The van der Waals surface area contributed by atoms with Crippen LogP contribution in [0.2, 0.25) is 0 Å². The fraction of sp³-hybridized carbons (Fsp3) is 0.320. The highest BCUT2D eigenvalue weighted by Gasteiger charge is 2.41. The zero-order chi connectivity index (χ0) is 26.3. The van der Waals surface area contributed by atoms with E-state index in [1.165, 1.54) is 4.90 Å². The van der Waals surface area contributed by atoms with Gasteiger partial charge < -0.3 is 10.0 Å². The highest BCUT2D eigenvalue weighted by molar-refractivity contribution is 5.78. The lowest BCUT2D eigenvalue weighted by Gasteiger charge is -2.28. The molecule has 1 saturated heterocycles. The summed E-state index contributed by atoms with van der Waals surface area (Å²) in [5, 5.41) is 9.96. The molecular formula is C25H20F8N2O. The molecule has 192 valence electrons. The smallest absolute Gasteiger partial charge is 0.392 e. The molecule has 0 saturated carbocycles. The largest absolute Gasteiger partial charge is 0.433 e. The molecule has 11 heteroatoms. The van der Waals surface area contributed by atoms with Crippen LogP contribution in [0.3, 0.4) is 0 Å². The number of alkyl halides is 7. The van der Waals surface area contributed by atoms with Crippen molar-refractivity contribution in [1.29, 1.82) is 0 Å². The van der Waals surface area contributed by atoms with Gasteiger partial charge in [0.2, 0.25) is 0 Å². The third-order valence-electron chi connectivity index (χ3n) is 6.06. The fourth-order valence-electron chi connectivity index (χ4n) is 4.38. The third-order valence-corrected chi connectivity index (χ3v) is 6.06. The van der Waals surface area contributed by atoms with Crippen molar-refractivity contribution in [2.24, 2.45) is 0 Å². The lowest BCUT2D eigenvalue weighted by molar-refractivity contribution is -0.142. The van der Waals surface area contributed by atoms with Crippen molar-refractivity contribution in [1.82, 2.24) is 4.98 Å². The Morgan fingerprint density at radius 2 is 1.44 bits per heavy atom. The Labute approximate surface area is 201 Å². The normalized spacial score (nSPS) is 15.4. The molecule has 3 nitrogen and oxygen atoms in total. The maximum Gasteiger partial charge on any atom is 0.433 e. The van der Waals surface area contributed by atoms with E-state index in [9.17, 15) is 35.8 Å². The molecule has 0 aliphatic carbocycles. The molecule has 36 heavy (non-hydrogen) atoms. The van der Waals surface area contributed by atoms with E-state index in [1.807, 2.05) is 0 Å². The van der Waals surface area contributed by atoms with Gasteiger partial charge in [-0.05, 0) is 53.8 Å². The van der Waals surface area contributed by atoms with Crippen LogP contribution in [-0.2, 0) is 19.0 Å². The molecule has 1 aliphatic heterocycles. The third kappa shape index (κ3) is 5.02. The molecule has 2 aromatic carbocycles. The van der Waals surface area contributed by atoms with E-state index in [4.69, 9.17) is 0 Å². The maximum absolute atomic E-state index is 16.2. The number of aliphatic hydroxyl groups excluding tert-OH is 1. The number of hydrogen-bond donors (Lipinski definition) is 1. The Balaban J connectivity index is 2.02. The Hall–Kier alpha value is -3.21. The second kappa shape index (κ2) is 9.68. The van der Waals surface area contributed by atoms with Crippen LogP contribution in [0.4, 0.5) is 40.9 Å². The number of nitrogens with zero attached hydrogens (tertiary/aromatic N) is 2. The van der Waals surface area contributed by atoms with Crippen LogP contribution in [0, 0.1) is 5.82 Å². The SMILES string of the molecule is OCc1c(C(F)(F)F)nc(N2CCCC2)c(C(F)c2ccc(C(F)(F)F)cc2)c1-c1ccc(F)cc1. The van der Waals surface area contributed by atoms with Gasteiger partial charge in [-0.15, -0.1) is 0 Å². The first-order chi connectivity index (χ1) is 16.9. The quantitative estimate of drug-likeness (QED) is 0.369. The van der Waals surface area contributed by atoms with Gasteiger partial charge in [0, 0.05) is 24.2 Å². The van der Waals surface area contributed by atoms with E-state index in [0.29, 0.717) is 38.1 Å². The highest BCUT2D eigenvalue weighted by Crippen LogP contribution is 2.46. The zero-order valence-corrected chi connectivity index (χ0v) is 18.6. The Bertz CT molecular complexity index is 1220. The van der Waals surface area contributed by atoms with Gasteiger partial charge in [0.05, 0.1) is 12.2 Å². The summed E-state index contributed by atoms with van der Waals surface area (Å²) in [6.45, 7) is -0.571. The van der Waals surface area contributed by atoms with E-state index in [0.717, 1.165) is 36.4 Å². The predicted octanol–water partition coefficient (Wildman–Crippen LogP) is 7.08. The topological polar surface area (TPSA) is 36.4 Å². The second-order valence-corrected chi connectivity index (χ2v) is 8.39. The minimum Gasteiger partial charge on any atom is -0.392 e. The van der Waals surface area contributed by atoms with Crippen LogP contribution in [0.1, 0.15) is 47.0 Å². The minimum atomic E-state index is -5.00. The van der Waals surface area contributed by atoms with Crippen molar-refractivity contribution in [2.75, 3.05) is 18.0 Å². The van der Waals surface area contributed by atoms with Gasteiger partial charge in [-0.3, -0.25) is 0 Å². The maximum atomic E-state index is 16.2.